The second-order valence-electron chi connectivity index (χ2n) is 7.27. The van der Waals surface area contributed by atoms with Crippen LogP contribution in [-0.2, 0) is 9.53 Å². The van der Waals surface area contributed by atoms with E-state index < -0.39 is 6.16 Å². The molecular weight excluding hydrogens is 432 g/mol. The van der Waals surface area contributed by atoms with E-state index in [2.05, 4.69) is 5.32 Å². The molecule has 0 aromatic heterocycles. The Labute approximate surface area is 191 Å². The Kier molecular flexibility index (Phi) is 8.27. The van der Waals surface area contributed by atoms with E-state index in [9.17, 15) is 14.4 Å². The number of rotatable bonds is 6. The number of amides is 2. The zero-order valence-corrected chi connectivity index (χ0v) is 18.5. The molecule has 8 heteroatoms. The molecule has 1 heterocycles. The van der Waals surface area contributed by atoms with Crippen molar-refractivity contribution in [1.29, 1.82) is 0 Å². The predicted octanol–water partition coefficient (Wildman–Crippen LogP) is 4.31. The van der Waals surface area contributed by atoms with Gasteiger partial charge in [0.1, 0.15) is 5.75 Å². The quantitative estimate of drug-likeness (QED) is 0.397. The summed E-state index contributed by atoms with van der Waals surface area (Å²) in [7, 11) is 0. The van der Waals surface area contributed by atoms with Gasteiger partial charge in [-0.15, -0.1) is 0 Å². The van der Waals surface area contributed by atoms with Crippen LogP contribution in [0, 0.1) is 0 Å². The Morgan fingerprint density at radius 1 is 1.06 bits per heavy atom. The fourth-order valence-corrected chi connectivity index (χ4v) is 3.44. The van der Waals surface area contributed by atoms with E-state index in [0.717, 1.165) is 5.56 Å². The molecule has 2 aromatic carbocycles. The van der Waals surface area contributed by atoms with Crippen molar-refractivity contribution in [3.05, 3.63) is 70.8 Å². The minimum atomic E-state index is -0.779. The molecule has 2 amide bonds. The first-order chi connectivity index (χ1) is 15.4. The van der Waals surface area contributed by atoms with Gasteiger partial charge in [-0.3, -0.25) is 9.59 Å². The lowest BCUT2D eigenvalue weighted by molar-refractivity contribution is -0.117. The Bertz CT molecular complexity index is 965. The minimum Gasteiger partial charge on any atom is -0.434 e. The first-order valence-electron chi connectivity index (χ1n) is 10.4. The normalized spacial score (nSPS) is 14.2. The van der Waals surface area contributed by atoms with Crippen LogP contribution in [0.2, 0.25) is 5.02 Å². The lowest BCUT2D eigenvalue weighted by atomic mass is 10.0. The molecule has 1 fully saturated rings. The Morgan fingerprint density at radius 2 is 1.72 bits per heavy atom. The fourth-order valence-electron chi connectivity index (χ4n) is 3.31. The Balaban J connectivity index is 1.45. The maximum absolute atomic E-state index is 12.7. The molecule has 2 aromatic rings. The van der Waals surface area contributed by atoms with Crippen molar-refractivity contribution >= 4 is 35.6 Å². The van der Waals surface area contributed by atoms with Gasteiger partial charge in [0.15, 0.2) is 0 Å². The van der Waals surface area contributed by atoms with E-state index in [4.69, 9.17) is 21.1 Å². The minimum absolute atomic E-state index is 0.0155. The van der Waals surface area contributed by atoms with Crippen LogP contribution in [0.5, 0.6) is 5.75 Å². The summed E-state index contributed by atoms with van der Waals surface area (Å²) >= 11 is 5.86. The van der Waals surface area contributed by atoms with E-state index >= 15 is 0 Å². The van der Waals surface area contributed by atoms with Gasteiger partial charge in [-0.1, -0.05) is 23.7 Å². The predicted molar refractivity (Wildman–Crippen MR) is 122 cm³/mol. The van der Waals surface area contributed by atoms with Gasteiger partial charge in [-0.25, -0.2) is 4.79 Å². The van der Waals surface area contributed by atoms with Crippen LogP contribution < -0.4 is 10.1 Å². The van der Waals surface area contributed by atoms with E-state index in [1.54, 1.807) is 54.3 Å². The van der Waals surface area contributed by atoms with Crippen LogP contribution >= 0.6 is 11.6 Å². The van der Waals surface area contributed by atoms with Gasteiger partial charge < -0.3 is 19.7 Å². The molecule has 0 aliphatic carbocycles. The smallest absolute Gasteiger partial charge is 0.434 e. The molecule has 1 aliphatic heterocycles. The molecule has 0 bridgehead atoms. The Morgan fingerprint density at radius 3 is 2.34 bits per heavy atom. The summed E-state index contributed by atoms with van der Waals surface area (Å²) in [5.74, 6) is 0.0510. The fraction of sp³-hybridized carbons (Fsp3) is 0.292. The van der Waals surface area contributed by atoms with Crippen molar-refractivity contribution in [2.45, 2.75) is 25.8 Å². The average molecular weight is 457 g/mol. The highest BCUT2D eigenvalue weighted by Gasteiger charge is 2.24. The van der Waals surface area contributed by atoms with Crippen LogP contribution in [-0.4, -0.2) is 48.6 Å². The van der Waals surface area contributed by atoms with E-state index in [0.29, 0.717) is 42.3 Å². The molecule has 7 nitrogen and oxygen atoms in total. The number of halogens is 1. The van der Waals surface area contributed by atoms with Crippen molar-refractivity contribution in [2.75, 3.05) is 19.7 Å². The Hall–Kier alpha value is -3.32. The first-order valence-corrected chi connectivity index (χ1v) is 10.8. The number of benzene rings is 2. The summed E-state index contributed by atoms with van der Waals surface area (Å²) < 4.78 is 9.72. The molecular formula is C24H25ClN2O5. The molecule has 0 atom stereocenters. The monoisotopic (exact) mass is 456 g/mol. The van der Waals surface area contributed by atoms with E-state index in [1.165, 1.54) is 6.08 Å². The zero-order chi connectivity index (χ0) is 22.9. The van der Waals surface area contributed by atoms with Crippen molar-refractivity contribution in [2.24, 2.45) is 0 Å². The maximum Gasteiger partial charge on any atom is 0.513 e. The molecule has 1 N–H and O–H groups in total. The molecule has 0 spiro atoms. The van der Waals surface area contributed by atoms with Gasteiger partial charge in [0.2, 0.25) is 5.91 Å². The molecule has 0 saturated carbocycles. The molecule has 168 valence electrons. The second kappa shape index (κ2) is 11.3. The highest BCUT2D eigenvalue weighted by Crippen LogP contribution is 2.18. The molecule has 32 heavy (non-hydrogen) atoms. The standard InChI is InChI=1S/C24H25ClN2O5/c1-2-31-24(30)32-21-10-6-18(7-11-21)23(29)27-15-13-20(14-16-27)26-22(28)12-5-17-3-8-19(25)9-4-17/h3-12,20H,2,13-16H2,1H3,(H,26,28)/b12-5+. The van der Waals surface area contributed by atoms with Crippen molar-refractivity contribution in [3.63, 3.8) is 0 Å². The molecule has 3 rings (SSSR count). The second-order valence-corrected chi connectivity index (χ2v) is 7.71. The summed E-state index contributed by atoms with van der Waals surface area (Å²) in [5, 5.41) is 3.63. The largest absolute Gasteiger partial charge is 0.513 e. The van der Waals surface area contributed by atoms with Crippen LogP contribution in [0.25, 0.3) is 6.08 Å². The number of nitrogens with zero attached hydrogens (tertiary/aromatic N) is 1. The van der Waals surface area contributed by atoms with Gasteiger partial charge in [-0.2, -0.15) is 0 Å². The third-order valence-corrected chi connectivity index (χ3v) is 5.24. The lowest BCUT2D eigenvalue weighted by Crippen LogP contribution is -2.46. The van der Waals surface area contributed by atoms with Gasteiger partial charge in [0, 0.05) is 35.8 Å². The van der Waals surface area contributed by atoms with Crippen LogP contribution in [0.4, 0.5) is 4.79 Å². The van der Waals surface area contributed by atoms with Crippen molar-refractivity contribution in [3.8, 4) is 5.75 Å². The summed E-state index contributed by atoms with van der Waals surface area (Å²) in [5.41, 5.74) is 1.40. The third-order valence-electron chi connectivity index (χ3n) is 4.99. The van der Waals surface area contributed by atoms with Crippen molar-refractivity contribution in [1.82, 2.24) is 10.2 Å². The number of carbonyl (C=O) groups is 3. The van der Waals surface area contributed by atoms with Crippen LogP contribution in [0.1, 0.15) is 35.7 Å². The van der Waals surface area contributed by atoms with Crippen LogP contribution in [0.3, 0.4) is 0 Å². The number of hydrogen-bond donors (Lipinski definition) is 1. The van der Waals surface area contributed by atoms with E-state index in [1.807, 2.05) is 12.1 Å². The van der Waals surface area contributed by atoms with E-state index in [-0.39, 0.29) is 24.5 Å². The summed E-state index contributed by atoms with van der Waals surface area (Å²) in [4.78, 5) is 38.0. The van der Waals surface area contributed by atoms with Gasteiger partial charge in [0.05, 0.1) is 6.61 Å². The average Bonchev–Trinajstić information content (AvgIpc) is 2.79. The van der Waals surface area contributed by atoms with Crippen molar-refractivity contribution < 1.29 is 23.9 Å². The van der Waals surface area contributed by atoms with Gasteiger partial charge in [-0.05, 0) is 67.8 Å². The first kappa shape index (κ1) is 23.3. The number of piperidine rings is 1. The number of nitrogens with one attached hydrogen (secondary N) is 1. The van der Waals surface area contributed by atoms with Gasteiger partial charge in [0.25, 0.3) is 5.91 Å². The molecule has 0 radical (unpaired) electrons. The molecule has 0 unspecified atom stereocenters. The SMILES string of the molecule is CCOC(=O)Oc1ccc(C(=O)N2CCC(NC(=O)/C=C/c3ccc(Cl)cc3)CC2)cc1. The van der Waals surface area contributed by atoms with Gasteiger partial charge >= 0.3 is 6.16 Å². The lowest BCUT2D eigenvalue weighted by Gasteiger charge is -2.32. The highest BCUT2D eigenvalue weighted by molar-refractivity contribution is 6.30. The highest BCUT2D eigenvalue weighted by atomic mass is 35.5. The molecule has 1 saturated heterocycles. The topological polar surface area (TPSA) is 84.9 Å². The number of hydrogen-bond acceptors (Lipinski definition) is 5. The number of carbonyl (C=O) groups excluding carboxylic acids is 3. The molecule has 1 aliphatic rings. The van der Waals surface area contributed by atoms with Crippen LogP contribution in [0.15, 0.2) is 54.6 Å². The summed E-state index contributed by atoms with van der Waals surface area (Å²) in [6.07, 6.45) is 3.81. The number of ether oxygens (including phenoxy) is 2. The number of likely N-dealkylation sites (tertiary alicyclic amines) is 1. The summed E-state index contributed by atoms with van der Waals surface area (Å²) in [6.45, 7) is 3.01. The maximum atomic E-state index is 12.7. The third kappa shape index (κ3) is 6.85. The summed E-state index contributed by atoms with van der Waals surface area (Å²) in [6, 6.07) is 13.6. The zero-order valence-electron chi connectivity index (χ0n) is 17.8.